The highest BCUT2D eigenvalue weighted by Gasteiger charge is 2.53. The van der Waals surface area contributed by atoms with Crippen LogP contribution in [0.2, 0.25) is 0 Å². The molecule has 0 aliphatic carbocycles. The lowest BCUT2D eigenvalue weighted by atomic mass is 9.98. The standard InChI is InChI=1S/C18H24Cl3NO11/c1-8(23)27-5-6-28-14-13(30-10(3)25)12(7-29-9(2)24)32-16(15(14)31-11(4)26)33-17(22)18(19,20)21/h12-16,22H,5-7H2,1-4H3/t12-,13-,14+,15-,16-/m1/s1. The van der Waals surface area contributed by atoms with E-state index < -0.39 is 70.9 Å². The Morgan fingerprint density at radius 2 is 1.33 bits per heavy atom. The lowest BCUT2D eigenvalue weighted by Gasteiger charge is -2.44. The van der Waals surface area contributed by atoms with Crippen LogP contribution in [0.1, 0.15) is 27.7 Å². The Kier molecular flexibility index (Phi) is 11.6. The molecule has 188 valence electrons. The van der Waals surface area contributed by atoms with Gasteiger partial charge in [-0.05, 0) is 0 Å². The number of carbonyl (C=O) groups is 4. The molecule has 1 N–H and O–H groups in total. The number of alkyl halides is 3. The second-order valence-electron chi connectivity index (χ2n) is 6.61. The molecule has 1 aliphatic rings. The Morgan fingerprint density at radius 1 is 0.788 bits per heavy atom. The minimum Gasteiger partial charge on any atom is -0.463 e. The zero-order valence-corrected chi connectivity index (χ0v) is 20.4. The van der Waals surface area contributed by atoms with Crippen LogP contribution < -0.4 is 0 Å². The van der Waals surface area contributed by atoms with Gasteiger partial charge in [0, 0.05) is 27.7 Å². The average molecular weight is 537 g/mol. The first-order chi connectivity index (χ1) is 15.2. The average Bonchev–Trinajstić information content (AvgIpc) is 2.65. The third-order valence-electron chi connectivity index (χ3n) is 3.84. The summed E-state index contributed by atoms with van der Waals surface area (Å²) in [5.41, 5.74) is 0. The topological polar surface area (TPSA) is 157 Å². The monoisotopic (exact) mass is 535 g/mol. The third-order valence-corrected chi connectivity index (χ3v) is 4.35. The van der Waals surface area contributed by atoms with Crippen molar-refractivity contribution in [3.05, 3.63) is 0 Å². The van der Waals surface area contributed by atoms with Crippen LogP contribution in [0.3, 0.4) is 0 Å². The summed E-state index contributed by atoms with van der Waals surface area (Å²) in [5, 5.41) is 7.82. The maximum Gasteiger partial charge on any atom is 0.303 e. The summed E-state index contributed by atoms with van der Waals surface area (Å²) in [7, 11) is 0. The Morgan fingerprint density at radius 3 is 1.82 bits per heavy atom. The van der Waals surface area contributed by atoms with E-state index in [4.69, 9.17) is 73.4 Å². The van der Waals surface area contributed by atoms with Gasteiger partial charge in [0.2, 0.25) is 12.2 Å². The molecule has 1 aliphatic heterocycles. The van der Waals surface area contributed by atoms with Crippen LogP contribution in [0.4, 0.5) is 0 Å². The van der Waals surface area contributed by atoms with Gasteiger partial charge in [0.25, 0.3) is 3.79 Å². The number of nitrogens with one attached hydrogen (secondary N) is 1. The Balaban J connectivity index is 3.32. The molecule has 0 unspecified atom stereocenters. The van der Waals surface area contributed by atoms with Crippen molar-refractivity contribution in [1.82, 2.24) is 0 Å². The van der Waals surface area contributed by atoms with Gasteiger partial charge in [-0.3, -0.25) is 24.6 Å². The molecule has 0 radical (unpaired) electrons. The van der Waals surface area contributed by atoms with E-state index in [9.17, 15) is 19.2 Å². The minimum atomic E-state index is -2.28. The summed E-state index contributed by atoms with van der Waals surface area (Å²) >= 11 is 17.0. The number of ether oxygens (including phenoxy) is 7. The molecule has 0 amide bonds. The molecule has 0 spiro atoms. The predicted octanol–water partition coefficient (Wildman–Crippen LogP) is 1.45. The second-order valence-corrected chi connectivity index (χ2v) is 8.90. The molecule has 1 saturated heterocycles. The number of hydrogen-bond donors (Lipinski definition) is 1. The summed E-state index contributed by atoms with van der Waals surface area (Å²) in [6.45, 7) is 3.71. The van der Waals surface area contributed by atoms with E-state index in [1.807, 2.05) is 0 Å². The lowest BCUT2D eigenvalue weighted by molar-refractivity contribution is -0.297. The van der Waals surface area contributed by atoms with Crippen LogP contribution in [0.15, 0.2) is 0 Å². The van der Waals surface area contributed by atoms with Crippen molar-refractivity contribution in [2.24, 2.45) is 0 Å². The summed E-state index contributed by atoms with van der Waals surface area (Å²) in [6, 6.07) is 0. The van der Waals surface area contributed by atoms with Crippen LogP contribution in [-0.2, 0) is 52.3 Å². The van der Waals surface area contributed by atoms with Crippen molar-refractivity contribution in [3.8, 4) is 0 Å². The molecular formula is C18H24Cl3NO11. The first-order valence-corrected chi connectivity index (χ1v) is 10.6. The SMILES string of the molecule is CC(=O)OCCO[C@@H]1[C@@H](OC(C)=O)[C@@H](OC(=N)C(Cl)(Cl)Cl)O[C@H](COC(C)=O)[C@H]1OC(C)=O. The number of esters is 4. The second kappa shape index (κ2) is 13.1. The van der Waals surface area contributed by atoms with Crippen molar-refractivity contribution in [2.75, 3.05) is 19.8 Å². The molecule has 5 atom stereocenters. The van der Waals surface area contributed by atoms with E-state index in [0.717, 1.165) is 20.8 Å². The van der Waals surface area contributed by atoms with E-state index in [1.54, 1.807) is 0 Å². The van der Waals surface area contributed by atoms with Gasteiger partial charge in [0.1, 0.15) is 25.4 Å². The summed E-state index contributed by atoms with van der Waals surface area (Å²) in [6.07, 6.45) is -6.79. The summed E-state index contributed by atoms with van der Waals surface area (Å²) < 4.78 is 34.7. The van der Waals surface area contributed by atoms with E-state index in [2.05, 4.69) is 0 Å². The molecule has 0 aromatic heterocycles. The van der Waals surface area contributed by atoms with Crippen molar-refractivity contribution >= 4 is 64.6 Å². The van der Waals surface area contributed by atoms with E-state index >= 15 is 0 Å². The van der Waals surface area contributed by atoms with Gasteiger partial charge in [-0.1, -0.05) is 34.8 Å². The van der Waals surface area contributed by atoms with Gasteiger partial charge in [-0.15, -0.1) is 0 Å². The Hall–Kier alpha value is -1.86. The molecule has 1 heterocycles. The molecule has 0 bridgehead atoms. The van der Waals surface area contributed by atoms with E-state index in [-0.39, 0.29) is 13.2 Å². The zero-order valence-electron chi connectivity index (χ0n) is 18.1. The summed E-state index contributed by atoms with van der Waals surface area (Å²) in [4.78, 5) is 45.8. The Labute approximate surface area is 204 Å². The highest BCUT2D eigenvalue weighted by Crippen LogP contribution is 2.33. The van der Waals surface area contributed by atoms with Crippen molar-refractivity contribution < 1.29 is 52.3 Å². The summed E-state index contributed by atoms with van der Waals surface area (Å²) in [5.74, 6) is -3.65. The fourth-order valence-electron chi connectivity index (χ4n) is 2.70. The van der Waals surface area contributed by atoms with Crippen LogP contribution in [-0.4, -0.2) is 84.1 Å². The van der Waals surface area contributed by atoms with E-state index in [0.29, 0.717) is 0 Å². The van der Waals surface area contributed by atoms with Gasteiger partial charge in [0.05, 0.1) is 6.61 Å². The molecule has 15 heteroatoms. The highest BCUT2D eigenvalue weighted by atomic mass is 35.6. The molecule has 33 heavy (non-hydrogen) atoms. The van der Waals surface area contributed by atoms with Crippen molar-refractivity contribution in [1.29, 1.82) is 5.41 Å². The number of carbonyl (C=O) groups excluding carboxylic acids is 4. The molecule has 12 nitrogen and oxygen atoms in total. The lowest BCUT2D eigenvalue weighted by Crippen LogP contribution is -2.63. The number of rotatable bonds is 9. The molecule has 0 aromatic carbocycles. The fourth-order valence-corrected chi connectivity index (χ4v) is 2.83. The molecule has 1 fully saturated rings. The smallest absolute Gasteiger partial charge is 0.303 e. The van der Waals surface area contributed by atoms with Crippen molar-refractivity contribution in [3.63, 3.8) is 0 Å². The van der Waals surface area contributed by atoms with Crippen LogP contribution in [0.25, 0.3) is 0 Å². The highest BCUT2D eigenvalue weighted by molar-refractivity contribution is 6.76. The van der Waals surface area contributed by atoms with Crippen LogP contribution in [0.5, 0.6) is 0 Å². The molecule has 0 saturated carbocycles. The van der Waals surface area contributed by atoms with Gasteiger partial charge >= 0.3 is 23.9 Å². The normalized spacial score (nSPS) is 24.9. The predicted molar refractivity (Wildman–Crippen MR) is 112 cm³/mol. The molecule has 0 aromatic rings. The molecule has 1 rings (SSSR count). The van der Waals surface area contributed by atoms with Gasteiger partial charge < -0.3 is 33.2 Å². The maximum atomic E-state index is 11.8. The first-order valence-electron chi connectivity index (χ1n) is 9.43. The number of hydrogen-bond acceptors (Lipinski definition) is 12. The Bertz CT molecular complexity index is 743. The minimum absolute atomic E-state index is 0.184. The molecular weight excluding hydrogens is 513 g/mol. The zero-order chi connectivity index (χ0) is 25.3. The third kappa shape index (κ3) is 10.3. The van der Waals surface area contributed by atoms with Crippen LogP contribution in [0, 0.1) is 5.41 Å². The fraction of sp³-hybridized carbons (Fsp3) is 0.722. The van der Waals surface area contributed by atoms with Gasteiger partial charge in [-0.25, -0.2) is 0 Å². The number of halogens is 3. The quantitative estimate of drug-likeness (QED) is 0.114. The van der Waals surface area contributed by atoms with Gasteiger partial charge in [-0.2, -0.15) is 0 Å². The first kappa shape index (κ1) is 29.2. The van der Waals surface area contributed by atoms with Crippen molar-refractivity contribution in [2.45, 2.75) is 62.2 Å². The van der Waals surface area contributed by atoms with E-state index in [1.165, 1.54) is 6.92 Å². The maximum absolute atomic E-state index is 11.8. The van der Waals surface area contributed by atoms with Gasteiger partial charge in [0.15, 0.2) is 12.2 Å². The van der Waals surface area contributed by atoms with Crippen LogP contribution >= 0.6 is 34.8 Å². The largest absolute Gasteiger partial charge is 0.463 e.